The van der Waals surface area contributed by atoms with Gasteiger partial charge in [0, 0.05) is 12.7 Å². The number of ether oxygens (including phenoxy) is 2. The summed E-state index contributed by atoms with van der Waals surface area (Å²) in [6, 6.07) is 4.64. The highest BCUT2D eigenvalue weighted by Gasteiger charge is 2.12. The summed E-state index contributed by atoms with van der Waals surface area (Å²) in [7, 11) is 1.57. The Morgan fingerprint density at radius 1 is 1.38 bits per heavy atom. The number of benzene rings is 1. The number of halogens is 1. The minimum Gasteiger partial charge on any atom is -0.386 e. The second-order valence-corrected chi connectivity index (χ2v) is 3.61. The van der Waals surface area contributed by atoms with Gasteiger partial charge in [-0.3, -0.25) is 0 Å². The molecule has 0 bridgehead atoms. The number of aliphatic hydroxyl groups is 1. The number of hydrogen-bond donors (Lipinski definition) is 1. The van der Waals surface area contributed by atoms with Gasteiger partial charge in [0.05, 0.1) is 19.8 Å². The molecule has 0 fully saturated rings. The molecule has 16 heavy (non-hydrogen) atoms. The predicted octanol–water partition coefficient (Wildman–Crippen LogP) is 1.83. The molecule has 3 nitrogen and oxygen atoms in total. The van der Waals surface area contributed by atoms with Gasteiger partial charge in [0.2, 0.25) is 0 Å². The summed E-state index contributed by atoms with van der Waals surface area (Å²) in [6.07, 6.45) is -0.934. The molecule has 0 aliphatic rings. The fraction of sp³-hybridized carbons (Fsp3) is 0.500. The zero-order valence-corrected chi connectivity index (χ0v) is 9.57. The van der Waals surface area contributed by atoms with Crippen LogP contribution in [0, 0.1) is 12.7 Å². The fourth-order valence-electron chi connectivity index (χ4n) is 1.35. The van der Waals surface area contributed by atoms with Crippen molar-refractivity contribution in [1.82, 2.24) is 0 Å². The Bertz CT molecular complexity index is 328. The first-order chi connectivity index (χ1) is 7.65. The van der Waals surface area contributed by atoms with Crippen molar-refractivity contribution in [2.24, 2.45) is 0 Å². The molecule has 0 saturated carbocycles. The Morgan fingerprint density at radius 3 is 2.81 bits per heavy atom. The second-order valence-electron chi connectivity index (χ2n) is 3.61. The molecule has 1 rings (SSSR count). The van der Waals surface area contributed by atoms with Gasteiger partial charge in [0.25, 0.3) is 0 Å². The molecule has 0 amide bonds. The minimum absolute atomic E-state index is 0.0731. The van der Waals surface area contributed by atoms with Crippen LogP contribution in [-0.2, 0) is 9.47 Å². The maximum atomic E-state index is 13.4. The van der Waals surface area contributed by atoms with Crippen LogP contribution in [0.25, 0.3) is 0 Å². The Balaban J connectivity index is 2.51. The lowest BCUT2D eigenvalue weighted by Gasteiger charge is -2.13. The monoisotopic (exact) mass is 228 g/mol. The van der Waals surface area contributed by atoms with Gasteiger partial charge in [-0.1, -0.05) is 17.7 Å². The molecule has 4 heteroatoms. The molecule has 1 atom stereocenters. The number of rotatable bonds is 6. The van der Waals surface area contributed by atoms with Crippen molar-refractivity contribution in [3.05, 3.63) is 35.1 Å². The lowest BCUT2D eigenvalue weighted by molar-refractivity contribution is 0.0113. The van der Waals surface area contributed by atoms with Crippen LogP contribution >= 0.6 is 0 Å². The highest BCUT2D eigenvalue weighted by molar-refractivity contribution is 5.25. The smallest absolute Gasteiger partial charge is 0.129 e. The van der Waals surface area contributed by atoms with Crippen molar-refractivity contribution in [1.29, 1.82) is 0 Å². The van der Waals surface area contributed by atoms with E-state index < -0.39 is 11.9 Å². The second kappa shape index (κ2) is 6.58. The average Bonchev–Trinajstić information content (AvgIpc) is 2.27. The molecule has 0 saturated heterocycles. The van der Waals surface area contributed by atoms with E-state index >= 15 is 0 Å². The van der Waals surface area contributed by atoms with Crippen molar-refractivity contribution in [3.63, 3.8) is 0 Å². The summed E-state index contributed by atoms with van der Waals surface area (Å²) in [5.74, 6) is -0.409. The topological polar surface area (TPSA) is 38.7 Å². The van der Waals surface area contributed by atoms with Gasteiger partial charge in [-0.05, 0) is 13.0 Å². The number of methoxy groups -OCH3 is 1. The highest BCUT2D eigenvalue weighted by atomic mass is 19.1. The first kappa shape index (κ1) is 13.1. The van der Waals surface area contributed by atoms with Gasteiger partial charge < -0.3 is 14.6 Å². The molecule has 90 valence electrons. The first-order valence-corrected chi connectivity index (χ1v) is 5.16. The van der Waals surface area contributed by atoms with Gasteiger partial charge in [-0.15, -0.1) is 0 Å². The molecule has 1 unspecified atom stereocenters. The van der Waals surface area contributed by atoms with Crippen molar-refractivity contribution < 1.29 is 19.0 Å². The van der Waals surface area contributed by atoms with Gasteiger partial charge >= 0.3 is 0 Å². The molecular formula is C12H17FO3. The third-order valence-corrected chi connectivity index (χ3v) is 2.22. The molecule has 1 N–H and O–H groups in total. The first-order valence-electron chi connectivity index (χ1n) is 5.16. The zero-order chi connectivity index (χ0) is 12.0. The summed E-state index contributed by atoms with van der Waals surface area (Å²) in [6.45, 7) is 2.77. The van der Waals surface area contributed by atoms with Gasteiger partial charge in [-0.2, -0.15) is 0 Å². The van der Waals surface area contributed by atoms with Crippen LogP contribution in [-0.4, -0.2) is 32.0 Å². The van der Waals surface area contributed by atoms with Crippen molar-refractivity contribution >= 4 is 0 Å². The summed E-state index contributed by atoms with van der Waals surface area (Å²) >= 11 is 0. The van der Waals surface area contributed by atoms with Gasteiger partial charge in [0.15, 0.2) is 0 Å². The third kappa shape index (κ3) is 3.89. The summed E-state index contributed by atoms with van der Waals surface area (Å²) in [4.78, 5) is 0. The van der Waals surface area contributed by atoms with E-state index in [1.807, 2.05) is 6.92 Å². The molecular weight excluding hydrogens is 211 g/mol. The van der Waals surface area contributed by atoms with Crippen LogP contribution in [0.4, 0.5) is 4.39 Å². The van der Waals surface area contributed by atoms with Gasteiger partial charge in [0.1, 0.15) is 11.9 Å². The molecule has 0 radical (unpaired) electrons. The van der Waals surface area contributed by atoms with Crippen LogP contribution in [0.2, 0.25) is 0 Å². The molecule has 0 heterocycles. The molecule has 0 spiro atoms. The van der Waals surface area contributed by atoms with E-state index in [9.17, 15) is 9.50 Å². The molecule has 0 aliphatic heterocycles. The standard InChI is InChI=1S/C12H17FO3/c1-9-3-4-11(13)10(7-9)12(14)8-16-6-5-15-2/h3-4,7,12,14H,5-6,8H2,1-2H3. The average molecular weight is 228 g/mol. The van der Waals surface area contributed by atoms with E-state index in [1.54, 1.807) is 19.2 Å². The Morgan fingerprint density at radius 2 is 2.12 bits per heavy atom. The van der Waals surface area contributed by atoms with E-state index in [4.69, 9.17) is 9.47 Å². The van der Waals surface area contributed by atoms with Crippen LogP contribution < -0.4 is 0 Å². The highest BCUT2D eigenvalue weighted by Crippen LogP contribution is 2.18. The van der Waals surface area contributed by atoms with Crippen molar-refractivity contribution in [2.75, 3.05) is 26.9 Å². The lowest BCUT2D eigenvalue weighted by Crippen LogP contribution is -2.12. The van der Waals surface area contributed by atoms with E-state index in [1.165, 1.54) is 6.07 Å². The number of hydrogen-bond acceptors (Lipinski definition) is 3. The number of aryl methyl sites for hydroxylation is 1. The van der Waals surface area contributed by atoms with E-state index in [0.29, 0.717) is 13.2 Å². The van der Waals surface area contributed by atoms with Crippen LogP contribution in [0.5, 0.6) is 0 Å². The van der Waals surface area contributed by atoms with Crippen molar-refractivity contribution in [2.45, 2.75) is 13.0 Å². The maximum absolute atomic E-state index is 13.4. The SMILES string of the molecule is COCCOCC(O)c1cc(C)ccc1F. The summed E-state index contributed by atoms with van der Waals surface area (Å²) < 4.78 is 23.3. The minimum atomic E-state index is -0.934. The van der Waals surface area contributed by atoms with E-state index in [2.05, 4.69) is 0 Å². The lowest BCUT2D eigenvalue weighted by atomic mass is 10.1. The molecule has 0 aliphatic carbocycles. The van der Waals surface area contributed by atoms with E-state index in [-0.39, 0.29) is 12.2 Å². The number of aliphatic hydroxyl groups excluding tert-OH is 1. The molecule has 0 aromatic heterocycles. The Hall–Kier alpha value is -0.970. The quantitative estimate of drug-likeness (QED) is 0.755. The Kier molecular flexibility index (Phi) is 5.38. The zero-order valence-electron chi connectivity index (χ0n) is 9.57. The molecule has 1 aromatic carbocycles. The van der Waals surface area contributed by atoms with Crippen LogP contribution in [0.3, 0.4) is 0 Å². The summed E-state index contributed by atoms with van der Waals surface area (Å²) in [5, 5.41) is 9.72. The fourth-order valence-corrected chi connectivity index (χ4v) is 1.35. The van der Waals surface area contributed by atoms with Crippen LogP contribution in [0.1, 0.15) is 17.2 Å². The largest absolute Gasteiger partial charge is 0.386 e. The maximum Gasteiger partial charge on any atom is 0.129 e. The summed E-state index contributed by atoms with van der Waals surface area (Å²) in [5.41, 5.74) is 1.18. The third-order valence-electron chi connectivity index (χ3n) is 2.22. The van der Waals surface area contributed by atoms with Crippen molar-refractivity contribution in [3.8, 4) is 0 Å². The molecule has 1 aromatic rings. The Labute approximate surface area is 94.8 Å². The van der Waals surface area contributed by atoms with Crippen LogP contribution in [0.15, 0.2) is 18.2 Å². The normalized spacial score (nSPS) is 12.8. The predicted molar refractivity (Wildman–Crippen MR) is 58.8 cm³/mol. The van der Waals surface area contributed by atoms with Gasteiger partial charge in [-0.25, -0.2) is 4.39 Å². The van der Waals surface area contributed by atoms with E-state index in [0.717, 1.165) is 5.56 Å².